The first-order valence-corrected chi connectivity index (χ1v) is 9.29. The van der Waals surface area contributed by atoms with Gasteiger partial charge in [0.25, 0.3) is 0 Å². The van der Waals surface area contributed by atoms with Crippen LogP contribution in [0.15, 0.2) is 19.3 Å². The molecule has 0 bridgehead atoms. The van der Waals surface area contributed by atoms with E-state index >= 15 is 0 Å². The average Bonchev–Trinajstić information content (AvgIpc) is 2.92. The quantitative estimate of drug-likeness (QED) is 0.813. The van der Waals surface area contributed by atoms with Gasteiger partial charge in [0.05, 0.1) is 9.48 Å². The van der Waals surface area contributed by atoms with Crippen molar-refractivity contribution in [1.82, 2.24) is 9.88 Å². The molecule has 2 rings (SSSR count). The summed E-state index contributed by atoms with van der Waals surface area (Å²) in [5.74, 6) is 0.606. The molecular formula is C12H16BrN3O3S2. The second-order valence-corrected chi connectivity index (χ2v) is 8.77. The summed E-state index contributed by atoms with van der Waals surface area (Å²) in [5, 5.41) is 3.84. The maximum Gasteiger partial charge on any atom is 0.243 e. The van der Waals surface area contributed by atoms with E-state index in [1.54, 1.807) is 26.8 Å². The molecule has 116 valence electrons. The van der Waals surface area contributed by atoms with Gasteiger partial charge in [-0.3, -0.25) is 0 Å². The molecule has 21 heavy (non-hydrogen) atoms. The Morgan fingerprint density at radius 1 is 1.52 bits per heavy atom. The van der Waals surface area contributed by atoms with Crippen LogP contribution in [-0.2, 0) is 16.6 Å². The van der Waals surface area contributed by atoms with Crippen LogP contribution in [0.5, 0.6) is 0 Å². The van der Waals surface area contributed by atoms with Crippen molar-refractivity contribution >= 4 is 37.3 Å². The standard InChI is InChI=1S/C12H16BrN3O3S2/c1-6-11(8(3)19-15-6)7(2)16-21(17,18)10-4-9(5-14)20-12(10)13/h4,7,16H,5,14H2,1-3H3. The second kappa shape index (κ2) is 6.17. The topological polar surface area (TPSA) is 98.2 Å². The Labute approximate surface area is 135 Å². The van der Waals surface area contributed by atoms with Gasteiger partial charge in [0.2, 0.25) is 10.0 Å². The minimum atomic E-state index is -3.65. The van der Waals surface area contributed by atoms with Crippen molar-refractivity contribution in [2.75, 3.05) is 0 Å². The van der Waals surface area contributed by atoms with Gasteiger partial charge >= 0.3 is 0 Å². The highest BCUT2D eigenvalue weighted by atomic mass is 79.9. The Morgan fingerprint density at radius 2 is 2.19 bits per heavy atom. The fraction of sp³-hybridized carbons (Fsp3) is 0.417. The van der Waals surface area contributed by atoms with Gasteiger partial charge in [-0.25, -0.2) is 13.1 Å². The Balaban J connectivity index is 2.31. The fourth-order valence-electron chi connectivity index (χ4n) is 2.15. The van der Waals surface area contributed by atoms with Crippen molar-refractivity contribution in [1.29, 1.82) is 0 Å². The number of nitrogens with two attached hydrogens (primary N) is 1. The van der Waals surface area contributed by atoms with E-state index in [0.717, 1.165) is 10.4 Å². The lowest BCUT2D eigenvalue weighted by Gasteiger charge is -2.13. The number of hydrogen-bond donors (Lipinski definition) is 2. The van der Waals surface area contributed by atoms with Crippen LogP contribution in [0.1, 0.15) is 34.9 Å². The number of thiophene rings is 1. The largest absolute Gasteiger partial charge is 0.361 e. The minimum Gasteiger partial charge on any atom is -0.361 e. The number of rotatable bonds is 5. The third-order valence-corrected chi connectivity index (χ3v) is 6.87. The third kappa shape index (κ3) is 3.37. The molecule has 0 aromatic carbocycles. The monoisotopic (exact) mass is 393 g/mol. The zero-order valence-electron chi connectivity index (χ0n) is 11.8. The van der Waals surface area contributed by atoms with Gasteiger partial charge in [-0.15, -0.1) is 11.3 Å². The Bertz CT molecular complexity index is 732. The molecule has 0 aliphatic rings. The molecule has 1 atom stereocenters. The summed E-state index contributed by atoms with van der Waals surface area (Å²) in [6, 6.07) is 1.14. The minimum absolute atomic E-state index is 0.201. The van der Waals surface area contributed by atoms with Gasteiger partial charge in [-0.05, 0) is 42.8 Å². The van der Waals surface area contributed by atoms with Crippen LogP contribution >= 0.6 is 27.3 Å². The number of hydrogen-bond acceptors (Lipinski definition) is 6. The lowest BCUT2D eigenvalue weighted by atomic mass is 10.1. The van der Waals surface area contributed by atoms with Gasteiger partial charge in [-0.1, -0.05) is 5.16 Å². The highest BCUT2D eigenvalue weighted by Crippen LogP contribution is 2.32. The van der Waals surface area contributed by atoms with Crippen molar-refractivity contribution in [2.45, 2.75) is 38.3 Å². The van der Waals surface area contributed by atoms with Gasteiger partial charge in [0.1, 0.15) is 10.7 Å². The van der Waals surface area contributed by atoms with E-state index in [1.165, 1.54) is 11.3 Å². The zero-order valence-corrected chi connectivity index (χ0v) is 15.0. The number of nitrogens with zero attached hydrogens (tertiary/aromatic N) is 1. The summed E-state index contributed by atoms with van der Waals surface area (Å²) in [5.41, 5.74) is 6.98. The molecule has 3 N–H and O–H groups in total. The normalized spacial score (nSPS) is 13.6. The van der Waals surface area contributed by atoms with Crippen LogP contribution in [0.2, 0.25) is 0 Å². The van der Waals surface area contributed by atoms with Crippen LogP contribution in [0.25, 0.3) is 0 Å². The van der Waals surface area contributed by atoms with E-state index in [2.05, 4.69) is 25.8 Å². The van der Waals surface area contributed by atoms with Gasteiger partial charge in [0.15, 0.2) is 0 Å². The first-order chi connectivity index (χ1) is 9.76. The number of halogens is 1. The first-order valence-electron chi connectivity index (χ1n) is 6.19. The Hall–Kier alpha value is -0.740. The molecule has 0 saturated carbocycles. The summed E-state index contributed by atoms with van der Waals surface area (Å²) in [4.78, 5) is 0.999. The number of nitrogens with one attached hydrogen (secondary N) is 1. The van der Waals surface area contributed by atoms with E-state index in [9.17, 15) is 8.42 Å². The van der Waals surface area contributed by atoms with E-state index in [0.29, 0.717) is 21.8 Å². The second-order valence-electron chi connectivity index (χ2n) is 4.64. The van der Waals surface area contributed by atoms with Gasteiger partial charge < -0.3 is 10.3 Å². The predicted molar refractivity (Wildman–Crippen MR) is 84.6 cm³/mol. The molecule has 9 heteroatoms. The molecule has 1 unspecified atom stereocenters. The van der Waals surface area contributed by atoms with Crippen LogP contribution in [0.4, 0.5) is 0 Å². The lowest BCUT2D eigenvalue weighted by Crippen LogP contribution is -2.27. The molecule has 6 nitrogen and oxygen atoms in total. The maximum atomic E-state index is 12.5. The highest BCUT2D eigenvalue weighted by molar-refractivity contribution is 9.11. The highest BCUT2D eigenvalue weighted by Gasteiger charge is 2.26. The maximum absolute atomic E-state index is 12.5. The molecular weight excluding hydrogens is 378 g/mol. The molecule has 0 fully saturated rings. The third-order valence-electron chi connectivity index (χ3n) is 3.05. The van der Waals surface area contributed by atoms with Crippen molar-refractivity contribution in [2.24, 2.45) is 5.73 Å². The van der Waals surface area contributed by atoms with Crippen LogP contribution < -0.4 is 10.5 Å². The summed E-state index contributed by atoms with van der Waals surface area (Å²) < 4.78 is 33.2. The fourth-order valence-corrected chi connectivity index (χ4v) is 5.92. The van der Waals surface area contributed by atoms with Gasteiger partial charge in [0, 0.05) is 23.0 Å². The lowest BCUT2D eigenvalue weighted by molar-refractivity contribution is 0.391. The SMILES string of the molecule is Cc1noc(C)c1C(C)NS(=O)(=O)c1cc(CN)sc1Br. The number of aryl methyl sites for hydroxylation is 2. The summed E-state index contributed by atoms with van der Waals surface area (Å²) >= 11 is 4.59. The summed E-state index contributed by atoms with van der Waals surface area (Å²) in [6.07, 6.45) is 0. The van der Waals surface area contributed by atoms with E-state index < -0.39 is 16.1 Å². The van der Waals surface area contributed by atoms with Crippen LogP contribution in [0, 0.1) is 13.8 Å². The number of sulfonamides is 1. The van der Waals surface area contributed by atoms with Crippen LogP contribution in [-0.4, -0.2) is 13.6 Å². The van der Waals surface area contributed by atoms with Crippen LogP contribution in [0.3, 0.4) is 0 Å². The molecule has 2 aromatic rings. The smallest absolute Gasteiger partial charge is 0.243 e. The molecule has 0 radical (unpaired) electrons. The zero-order chi connectivity index (χ0) is 15.8. The van der Waals surface area contributed by atoms with Crippen molar-refractivity contribution in [3.63, 3.8) is 0 Å². The Kier molecular flexibility index (Phi) is 4.89. The number of aromatic nitrogens is 1. The Morgan fingerprint density at radius 3 is 2.67 bits per heavy atom. The van der Waals surface area contributed by atoms with Crippen molar-refractivity contribution < 1.29 is 12.9 Å². The molecule has 2 heterocycles. The van der Waals surface area contributed by atoms with Crippen molar-refractivity contribution in [3.05, 3.63) is 31.7 Å². The first kappa shape index (κ1) is 16.6. The summed E-state index contributed by atoms with van der Waals surface area (Å²) in [7, 11) is -3.65. The van der Waals surface area contributed by atoms with Gasteiger partial charge in [-0.2, -0.15) is 0 Å². The van der Waals surface area contributed by atoms with E-state index in [1.807, 2.05) is 0 Å². The molecule has 0 amide bonds. The summed E-state index contributed by atoms with van der Waals surface area (Å²) in [6.45, 7) is 5.60. The van der Waals surface area contributed by atoms with E-state index in [4.69, 9.17) is 10.3 Å². The van der Waals surface area contributed by atoms with E-state index in [-0.39, 0.29) is 4.90 Å². The van der Waals surface area contributed by atoms with Crippen molar-refractivity contribution in [3.8, 4) is 0 Å². The molecule has 0 aliphatic heterocycles. The molecule has 2 aromatic heterocycles. The molecule has 0 aliphatic carbocycles. The molecule has 0 saturated heterocycles. The molecule has 0 spiro atoms. The predicted octanol–water partition coefficient (Wildman–Crippen LogP) is 2.61. The average molecular weight is 394 g/mol.